The molecule has 0 aliphatic heterocycles. The number of carbonyl (C=O) groups excluding carboxylic acids is 1. The molecule has 0 saturated heterocycles. The average Bonchev–Trinajstić information content (AvgIpc) is 2.85. The quantitative estimate of drug-likeness (QED) is 0.356. The van der Waals surface area contributed by atoms with Crippen molar-refractivity contribution in [2.75, 3.05) is 12.4 Å². The summed E-state index contributed by atoms with van der Waals surface area (Å²) in [5.74, 6) is -0.339. The van der Waals surface area contributed by atoms with Gasteiger partial charge in [0.1, 0.15) is 6.04 Å². The van der Waals surface area contributed by atoms with Crippen molar-refractivity contribution in [3.63, 3.8) is 0 Å². The predicted octanol–water partition coefficient (Wildman–Crippen LogP) is 5.62. The first-order valence-electron chi connectivity index (χ1n) is 11.9. The molecule has 3 rings (SSSR count). The van der Waals surface area contributed by atoms with Gasteiger partial charge in [0.15, 0.2) is 0 Å². The highest BCUT2D eigenvalue weighted by atomic mass is 32.2. The first-order chi connectivity index (χ1) is 16.5. The van der Waals surface area contributed by atoms with E-state index in [1.54, 1.807) is 12.1 Å². The Balaban J connectivity index is 1.87. The van der Waals surface area contributed by atoms with E-state index in [-0.39, 0.29) is 28.7 Å². The third-order valence-corrected chi connectivity index (χ3v) is 8.07. The second-order valence-corrected chi connectivity index (χ2v) is 11.6. The molecule has 0 heterocycles. The van der Waals surface area contributed by atoms with Crippen LogP contribution in [0.2, 0.25) is 0 Å². The lowest BCUT2D eigenvalue weighted by molar-refractivity contribution is -0.142. The normalized spacial score (nSPS) is 13.1. The van der Waals surface area contributed by atoms with Crippen molar-refractivity contribution in [2.45, 2.75) is 63.9 Å². The molecular formula is C28H36N2O4S. The van der Waals surface area contributed by atoms with Crippen LogP contribution in [-0.2, 0) is 31.5 Å². The van der Waals surface area contributed by atoms with Gasteiger partial charge in [0.2, 0.25) is 10.0 Å². The van der Waals surface area contributed by atoms with Gasteiger partial charge in [-0.1, -0.05) is 71.0 Å². The Bertz CT molecular complexity index is 1280. The minimum absolute atomic E-state index is 0.00373. The van der Waals surface area contributed by atoms with Gasteiger partial charge in [-0.05, 0) is 58.5 Å². The molecule has 35 heavy (non-hydrogen) atoms. The zero-order chi connectivity index (χ0) is 25.8. The van der Waals surface area contributed by atoms with E-state index in [4.69, 9.17) is 4.74 Å². The van der Waals surface area contributed by atoms with Gasteiger partial charge in [0, 0.05) is 17.6 Å². The largest absolute Gasteiger partial charge is 0.467 e. The number of anilines is 1. The predicted molar refractivity (Wildman–Crippen MR) is 142 cm³/mol. The van der Waals surface area contributed by atoms with Crippen LogP contribution in [0.1, 0.15) is 52.2 Å². The number of sulfonamides is 1. The molecule has 0 amide bonds. The maximum Gasteiger partial charge on any atom is 0.328 e. The molecule has 0 aromatic heterocycles. The molecule has 0 saturated carbocycles. The molecule has 7 heteroatoms. The number of fused-ring (bicyclic) bond motifs is 1. The SMILES string of the molecule is CCC(C)(C)c1ccc(S(=O)(=O)NCc2cc(N[C@H](C(=O)OC)C(C)C)c3ccccc3c2)cc1. The monoisotopic (exact) mass is 496 g/mol. The molecule has 0 radical (unpaired) electrons. The molecule has 0 fully saturated rings. The van der Waals surface area contributed by atoms with E-state index in [1.807, 2.05) is 62.4 Å². The molecule has 0 unspecified atom stereocenters. The molecule has 6 nitrogen and oxygen atoms in total. The molecule has 0 spiro atoms. The van der Waals surface area contributed by atoms with Crippen LogP contribution in [0, 0.1) is 5.92 Å². The number of carbonyl (C=O) groups is 1. The summed E-state index contributed by atoms with van der Waals surface area (Å²) in [7, 11) is -2.32. The first kappa shape index (κ1) is 26.7. The number of rotatable bonds is 10. The van der Waals surface area contributed by atoms with Crippen LogP contribution in [0.3, 0.4) is 0 Å². The summed E-state index contributed by atoms with van der Waals surface area (Å²) in [6.45, 7) is 10.4. The topological polar surface area (TPSA) is 84.5 Å². The number of nitrogens with one attached hydrogen (secondary N) is 2. The van der Waals surface area contributed by atoms with Gasteiger partial charge >= 0.3 is 5.97 Å². The Hall–Kier alpha value is -2.90. The molecule has 3 aromatic rings. The lowest BCUT2D eigenvalue weighted by atomic mass is 9.82. The second kappa shape index (κ2) is 10.8. The Labute approximate surface area is 209 Å². The maximum atomic E-state index is 13.0. The molecule has 1 atom stereocenters. The third-order valence-electron chi connectivity index (χ3n) is 6.65. The van der Waals surface area contributed by atoms with Crippen molar-refractivity contribution < 1.29 is 17.9 Å². The van der Waals surface area contributed by atoms with Crippen LogP contribution >= 0.6 is 0 Å². The van der Waals surface area contributed by atoms with Gasteiger partial charge < -0.3 is 10.1 Å². The fourth-order valence-corrected chi connectivity index (χ4v) is 4.96. The summed E-state index contributed by atoms with van der Waals surface area (Å²) in [5, 5.41) is 5.21. The fourth-order valence-electron chi connectivity index (χ4n) is 3.94. The van der Waals surface area contributed by atoms with Crippen molar-refractivity contribution in [1.82, 2.24) is 4.72 Å². The highest BCUT2D eigenvalue weighted by molar-refractivity contribution is 7.89. The third kappa shape index (κ3) is 6.21. The summed E-state index contributed by atoms with van der Waals surface area (Å²) in [6.07, 6.45) is 0.962. The van der Waals surface area contributed by atoms with Crippen LogP contribution in [0.4, 0.5) is 5.69 Å². The average molecular weight is 497 g/mol. The highest BCUT2D eigenvalue weighted by Gasteiger charge is 2.24. The Kier molecular flexibility index (Phi) is 8.23. The smallest absolute Gasteiger partial charge is 0.328 e. The summed E-state index contributed by atoms with van der Waals surface area (Å²) < 4.78 is 33.7. The number of hydrogen-bond donors (Lipinski definition) is 2. The lowest BCUT2D eigenvalue weighted by Crippen LogP contribution is -2.35. The molecule has 3 aromatic carbocycles. The summed E-state index contributed by atoms with van der Waals surface area (Å²) in [5.41, 5.74) is 2.63. The minimum Gasteiger partial charge on any atom is -0.467 e. The van der Waals surface area contributed by atoms with Crippen LogP contribution in [-0.4, -0.2) is 27.5 Å². The van der Waals surface area contributed by atoms with E-state index in [0.29, 0.717) is 0 Å². The van der Waals surface area contributed by atoms with Gasteiger partial charge in [-0.2, -0.15) is 0 Å². The van der Waals surface area contributed by atoms with Crippen molar-refractivity contribution in [3.05, 3.63) is 71.8 Å². The molecule has 0 aliphatic rings. The zero-order valence-corrected chi connectivity index (χ0v) is 22.2. The van der Waals surface area contributed by atoms with Crippen LogP contribution in [0.25, 0.3) is 10.8 Å². The summed E-state index contributed by atoms with van der Waals surface area (Å²) >= 11 is 0. The van der Waals surface area contributed by atoms with Crippen molar-refractivity contribution >= 4 is 32.5 Å². The Morgan fingerprint density at radius 2 is 1.69 bits per heavy atom. The van der Waals surface area contributed by atoms with Gasteiger partial charge in [-0.3, -0.25) is 0 Å². The number of methoxy groups -OCH3 is 1. The first-order valence-corrected chi connectivity index (χ1v) is 13.4. The molecule has 188 valence electrons. The lowest BCUT2D eigenvalue weighted by Gasteiger charge is -2.23. The van der Waals surface area contributed by atoms with E-state index in [0.717, 1.165) is 34.0 Å². The van der Waals surface area contributed by atoms with Gasteiger partial charge in [0.25, 0.3) is 0 Å². The van der Waals surface area contributed by atoms with E-state index in [9.17, 15) is 13.2 Å². The number of benzene rings is 3. The Morgan fingerprint density at radius 3 is 2.29 bits per heavy atom. The van der Waals surface area contributed by atoms with E-state index < -0.39 is 16.1 Å². The van der Waals surface area contributed by atoms with Gasteiger partial charge in [-0.25, -0.2) is 17.9 Å². The standard InChI is InChI=1S/C28H36N2O4S/c1-7-28(4,5)22-12-14-23(15-13-22)35(32,33)29-18-20-16-21-10-8-9-11-24(21)25(17-20)30-26(19(2)3)27(31)34-6/h8-17,19,26,29-30H,7,18H2,1-6H3/t26-/m0/s1. The van der Waals surface area contributed by atoms with E-state index in [1.165, 1.54) is 7.11 Å². The van der Waals surface area contributed by atoms with Crippen LogP contribution in [0.15, 0.2) is 65.6 Å². The van der Waals surface area contributed by atoms with E-state index in [2.05, 4.69) is 30.8 Å². The highest BCUT2D eigenvalue weighted by Crippen LogP contribution is 2.29. The number of ether oxygens (including phenoxy) is 1. The van der Waals surface area contributed by atoms with E-state index >= 15 is 0 Å². The van der Waals surface area contributed by atoms with Gasteiger partial charge in [0.05, 0.1) is 12.0 Å². The number of hydrogen-bond acceptors (Lipinski definition) is 5. The fraction of sp³-hybridized carbons (Fsp3) is 0.393. The molecule has 0 bridgehead atoms. The zero-order valence-electron chi connectivity index (χ0n) is 21.4. The molecular weight excluding hydrogens is 460 g/mol. The van der Waals surface area contributed by atoms with Crippen molar-refractivity contribution in [2.24, 2.45) is 5.92 Å². The van der Waals surface area contributed by atoms with Crippen LogP contribution < -0.4 is 10.0 Å². The van der Waals surface area contributed by atoms with Gasteiger partial charge in [-0.15, -0.1) is 0 Å². The van der Waals surface area contributed by atoms with Crippen molar-refractivity contribution in [3.8, 4) is 0 Å². The molecule has 2 N–H and O–H groups in total. The second-order valence-electron chi connectivity index (χ2n) is 9.84. The Morgan fingerprint density at radius 1 is 1.03 bits per heavy atom. The molecule has 0 aliphatic carbocycles. The van der Waals surface area contributed by atoms with Crippen LogP contribution in [0.5, 0.6) is 0 Å². The number of esters is 1. The van der Waals surface area contributed by atoms with Crippen molar-refractivity contribution in [1.29, 1.82) is 0 Å². The summed E-state index contributed by atoms with van der Waals surface area (Å²) in [4.78, 5) is 12.6. The maximum absolute atomic E-state index is 13.0. The summed E-state index contributed by atoms with van der Waals surface area (Å²) in [6, 6.07) is 18.2. The minimum atomic E-state index is -3.69.